The molecule has 1 N–H and O–H groups in total. The highest BCUT2D eigenvalue weighted by Gasteiger charge is 2.15. The lowest BCUT2D eigenvalue weighted by Crippen LogP contribution is -2.32. The fraction of sp³-hybridized carbons (Fsp3) is 0.625. The predicted molar refractivity (Wildman–Crippen MR) is 79.0 cm³/mol. The van der Waals surface area contributed by atoms with Crippen molar-refractivity contribution in [2.45, 2.75) is 59.1 Å². The first-order valence-electron chi connectivity index (χ1n) is 7.21. The molecule has 0 aliphatic carbocycles. The summed E-state index contributed by atoms with van der Waals surface area (Å²) >= 11 is 0. The van der Waals surface area contributed by atoms with Crippen LogP contribution in [0.5, 0.6) is 0 Å². The summed E-state index contributed by atoms with van der Waals surface area (Å²) < 4.78 is 14.2. The third-order valence-electron chi connectivity index (χ3n) is 3.39. The van der Waals surface area contributed by atoms with Gasteiger partial charge in [-0.2, -0.15) is 0 Å². The summed E-state index contributed by atoms with van der Waals surface area (Å²) in [5.41, 5.74) is 1.26. The molecule has 1 aromatic carbocycles. The summed E-state index contributed by atoms with van der Waals surface area (Å²) in [5, 5.41) is 9.48. The second-order valence-electron chi connectivity index (χ2n) is 5.38. The van der Waals surface area contributed by atoms with Crippen molar-refractivity contribution in [1.82, 2.24) is 0 Å². The minimum absolute atomic E-state index is 0.247. The standard InChI is InChI=1S/C16H26FNO/c1-5-6-7-10-18(12(2)3)16-9-8-14(13(4)19)11-15(16)17/h8-9,11-13,19H,5-7,10H2,1-4H3. The first kappa shape index (κ1) is 16.0. The van der Waals surface area contributed by atoms with E-state index in [1.54, 1.807) is 19.1 Å². The van der Waals surface area contributed by atoms with Gasteiger partial charge in [0.05, 0.1) is 11.8 Å². The van der Waals surface area contributed by atoms with Crippen LogP contribution in [0.15, 0.2) is 18.2 Å². The van der Waals surface area contributed by atoms with Crippen LogP contribution < -0.4 is 4.90 Å². The summed E-state index contributed by atoms with van der Waals surface area (Å²) in [7, 11) is 0. The van der Waals surface area contributed by atoms with Crippen molar-refractivity contribution in [2.24, 2.45) is 0 Å². The summed E-state index contributed by atoms with van der Waals surface area (Å²) in [6.45, 7) is 8.84. The van der Waals surface area contributed by atoms with Gasteiger partial charge in [-0.1, -0.05) is 25.8 Å². The fourth-order valence-corrected chi connectivity index (χ4v) is 2.20. The smallest absolute Gasteiger partial charge is 0.146 e. The van der Waals surface area contributed by atoms with Crippen LogP contribution in [0.3, 0.4) is 0 Å². The van der Waals surface area contributed by atoms with E-state index in [0.717, 1.165) is 25.8 Å². The van der Waals surface area contributed by atoms with E-state index < -0.39 is 6.10 Å². The minimum Gasteiger partial charge on any atom is -0.389 e. The molecule has 0 saturated carbocycles. The van der Waals surface area contributed by atoms with Gasteiger partial charge in [0.2, 0.25) is 0 Å². The van der Waals surface area contributed by atoms with Crippen molar-refractivity contribution in [1.29, 1.82) is 0 Å². The maximum absolute atomic E-state index is 14.2. The number of aliphatic hydroxyl groups excluding tert-OH is 1. The Kier molecular flexibility index (Phi) is 6.29. The molecule has 0 amide bonds. The zero-order valence-corrected chi connectivity index (χ0v) is 12.5. The molecule has 0 fully saturated rings. The van der Waals surface area contributed by atoms with E-state index in [-0.39, 0.29) is 11.9 Å². The molecule has 0 spiro atoms. The zero-order chi connectivity index (χ0) is 14.4. The van der Waals surface area contributed by atoms with Crippen LogP contribution >= 0.6 is 0 Å². The summed E-state index contributed by atoms with van der Waals surface area (Å²) in [6.07, 6.45) is 2.77. The number of hydrogen-bond acceptors (Lipinski definition) is 2. The Labute approximate surface area is 116 Å². The van der Waals surface area contributed by atoms with E-state index in [9.17, 15) is 9.50 Å². The molecule has 0 heterocycles. The summed E-state index contributed by atoms with van der Waals surface area (Å²) in [6, 6.07) is 5.29. The average molecular weight is 267 g/mol. The molecule has 1 unspecified atom stereocenters. The number of halogens is 1. The van der Waals surface area contributed by atoms with Crippen molar-refractivity contribution < 1.29 is 9.50 Å². The van der Waals surface area contributed by atoms with E-state index in [2.05, 4.69) is 25.7 Å². The number of benzene rings is 1. The highest BCUT2D eigenvalue weighted by atomic mass is 19.1. The van der Waals surface area contributed by atoms with Gasteiger partial charge in [0.1, 0.15) is 5.82 Å². The van der Waals surface area contributed by atoms with Crippen LogP contribution in [0.2, 0.25) is 0 Å². The second-order valence-corrected chi connectivity index (χ2v) is 5.38. The molecule has 0 aromatic heterocycles. The van der Waals surface area contributed by atoms with E-state index in [4.69, 9.17) is 0 Å². The van der Waals surface area contributed by atoms with Crippen molar-refractivity contribution in [3.63, 3.8) is 0 Å². The molecule has 3 heteroatoms. The number of unbranched alkanes of at least 4 members (excludes halogenated alkanes) is 2. The molecule has 108 valence electrons. The number of rotatable bonds is 7. The van der Waals surface area contributed by atoms with Crippen LogP contribution in [-0.4, -0.2) is 17.7 Å². The Morgan fingerprint density at radius 2 is 1.89 bits per heavy atom. The number of aliphatic hydroxyl groups is 1. The first-order chi connectivity index (χ1) is 8.97. The lowest BCUT2D eigenvalue weighted by Gasteiger charge is -2.29. The predicted octanol–water partition coefficient (Wildman–Crippen LogP) is 4.28. The molecule has 0 aliphatic heterocycles. The van der Waals surface area contributed by atoms with E-state index in [1.165, 1.54) is 6.07 Å². The van der Waals surface area contributed by atoms with Crippen molar-refractivity contribution in [2.75, 3.05) is 11.4 Å². The Hall–Kier alpha value is -1.09. The van der Waals surface area contributed by atoms with Gasteiger partial charge in [-0.3, -0.25) is 0 Å². The lowest BCUT2D eigenvalue weighted by atomic mass is 10.1. The lowest BCUT2D eigenvalue weighted by molar-refractivity contribution is 0.199. The molecule has 0 radical (unpaired) electrons. The molecular weight excluding hydrogens is 241 g/mol. The molecule has 1 aromatic rings. The third kappa shape index (κ3) is 4.50. The van der Waals surface area contributed by atoms with Gasteiger partial charge in [0, 0.05) is 12.6 Å². The minimum atomic E-state index is -0.629. The number of anilines is 1. The maximum Gasteiger partial charge on any atom is 0.146 e. The Bertz CT molecular complexity index is 390. The van der Waals surface area contributed by atoms with Crippen LogP contribution in [0.4, 0.5) is 10.1 Å². The molecule has 0 aliphatic rings. The number of hydrogen-bond donors (Lipinski definition) is 1. The quantitative estimate of drug-likeness (QED) is 0.745. The summed E-state index contributed by atoms with van der Waals surface area (Å²) in [5.74, 6) is -0.247. The molecule has 2 nitrogen and oxygen atoms in total. The Morgan fingerprint density at radius 3 is 2.37 bits per heavy atom. The highest BCUT2D eigenvalue weighted by molar-refractivity contribution is 5.50. The Morgan fingerprint density at radius 1 is 1.21 bits per heavy atom. The van der Waals surface area contributed by atoms with Gasteiger partial charge in [-0.05, 0) is 44.9 Å². The summed E-state index contributed by atoms with van der Waals surface area (Å²) in [4.78, 5) is 2.09. The van der Waals surface area contributed by atoms with E-state index >= 15 is 0 Å². The Balaban J connectivity index is 2.90. The normalized spacial score (nSPS) is 12.8. The van der Waals surface area contributed by atoms with Crippen molar-refractivity contribution in [3.05, 3.63) is 29.6 Å². The largest absolute Gasteiger partial charge is 0.389 e. The van der Waals surface area contributed by atoms with Crippen LogP contribution in [0, 0.1) is 5.82 Å². The van der Waals surface area contributed by atoms with Gasteiger partial charge < -0.3 is 10.0 Å². The number of nitrogens with zero attached hydrogens (tertiary/aromatic N) is 1. The van der Waals surface area contributed by atoms with Crippen LogP contribution in [-0.2, 0) is 0 Å². The zero-order valence-electron chi connectivity index (χ0n) is 12.5. The topological polar surface area (TPSA) is 23.5 Å². The monoisotopic (exact) mass is 267 g/mol. The van der Waals surface area contributed by atoms with E-state index in [1.807, 2.05) is 0 Å². The molecule has 1 rings (SSSR count). The fourth-order valence-electron chi connectivity index (χ4n) is 2.20. The molecule has 19 heavy (non-hydrogen) atoms. The first-order valence-corrected chi connectivity index (χ1v) is 7.21. The maximum atomic E-state index is 14.2. The molecule has 0 saturated heterocycles. The van der Waals surface area contributed by atoms with Gasteiger partial charge in [0.25, 0.3) is 0 Å². The van der Waals surface area contributed by atoms with Gasteiger partial charge in [-0.25, -0.2) is 4.39 Å². The van der Waals surface area contributed by atoms with Crippen molar-refractivity contribution in [3.8, 4) is 0 Å². The van der Waals surface area contributed by atoms with E-state index in [0.29, 0.717) is 11.3 Å². The van der Waals surface area contributed by atoms with Gasteiger partial charge in [-0.15, -0.1) is 0 Å². The van der Waals surface area contributed by atoms with Gasteiger partial charge in [0.15, 0.2) is 0 Å². The van der Waals surface area contributed by atoms with Crippen LogP contribution in [0.1, 0.15) is 58.6 Å². The molecule has 0 bridgehead atoms. The SMILES string of the molecule is CCCCCN(c1ccc(C(C)O)cc1F)C(C)C. The highest BCUT2D eigenvalue weighted by Crippen LogP contribution is 2.25. The van der Waals surface area contributed by atoms with Gasteiger partial charge >= 0.3 is 0 Å². The third-order valence-corrected chi connectivity index (χ3v) is 3.39. The second kappa shape index (κ2) is 7.49. The average Bonchev–Trinajstić information content (AvgIpc) is 2.35. The molecule has 1 atom stereocenters. The molecular formula is C16H26FNO. The van der Waals surface area contributed by atoms with Crippen molar-refractivity contribution >= 4 is 5.69 Å². The van der Waals surface area contributed by atoms with Crippen LogP contribution in [0.25, 0.3) is 0 Å².